The standard InChI is InChI=1S/C34H38F3NO3/c1-23(2)9-18-30(25-10-12-28(13-11-25)33(40)27-7-5-4-6-8-27)38-20-19-24(22-32(39)41-3)21-31(38)26-14-16-29(17-15-26)34(35,36)37/h4-8,10-17,23-24,30-31H,9,18-22H2,1-3H3/t24-,30-,31+/m1/s1. The molecule has 1 heterocycles. The Morgan fingerprint density at radius 3 is 2.12 bits per heavy atom. The zero-order valence-electron chi connectivity index (χ0n) is 23.9. The number of alkyl halides is 3. The lowest BCUT2D eigenvalue weighted by Gasteiger charge is -2.44. The number of benzene rings is 3. The Balaban J connectivity index is 1.67. The molecule has 4 nitrogen and oxygen atoms in total. The molecule has 1 saturated heterocycles. The van der Waals surface area contributed by atoms with Crippen LogP contribution in [0.15, 0.2) is 78.9 Å². The first-order valence-electron chi connectivity index (χ1n) is 14.3. The van der Waals surface area contributed by atoms with E-state index in [4.69, 9.17) is 4.74 Å². The molecular weight excluding hydrogens is 527 g/mol. The van der Waals surface area contributed by atoms with Gasteiger partial charge in [0, 0.05) is 29.6 Å². The van der Waals surface area contributed by atoms with E-state index in [1.165, 1.54) is 7.11 Å². The third-order valence-electron chi connectivity index (χ3n) is 8.07. The number of piperidine rings is 1. The van der Waals surface area contributed by atoms with Gasteiger partial charge in [0.2, 0.25) is 0 Å². The van der Waals surface area contributed by atoms with E-state index in [0.717, 1.165) is 42.5 Å². The molecule has 7 heteroatoms. The second-order valence-electron chi connectivity index (χ2n) is 11.3. The van der Waals surface area contributed by atoms with Gasteiger partial charge in [0.25, 0.3) is 0 Å². The minimum atomic E-state index is -4.41. The van der Waals surface area contributed by atoms with E-state index in [9.17, 15) is 22.8 Å². The van der Waals surface area contributed by atoms with Crippen LogP contribution in [0.4, 0.5) is 13.2 Å². The van der Waals surface area contributed by atoms with Crippen molar-refractivity contribution >= 4 is 11.8 Å². The number of carbonyl (C=O) groups is 2. The molecule has 0 aliphatic carbocycles. The fourth-order valence-corrected chi connectivity index (χ4v) is 5.78. The number of nitrogens with zero attached hydrogens (tertiary/aromatic N) is 1. The summed E-state index contributed by atoms with van der Waals surface area (Å²) in [5, 5.41) is 0. The molecule has 3 aromatic carbocycles. The molecule has 0 amide bonds. The van der Waals surface area contributed by atoms with Crippen LogP contribution in [0.2, 0.25) is 0 Å². The van der Waals surface area contributed by atoms with E-state index in [0.29, 0.717) is 30.0 Å². The number of halogens is 3. The third kappa shape index (κ3) is 7.85. The summed E-state index contributed by atoms with van der Waals surface area (Å²) < 4.78 is 44.9. The molecular formula is C34H38F3NO3. The van der Waals surface area contributed by atoms with Gasteiger partial charge in [0.05, 0.1) is 12.7 Å². The number of ketones is 1. The van der Waals surface area contributed by atoms with Crippen molar-refractivity contribution in [1.29, 1.82) is 0 Å². The molecule has 218 valence electrons. The highest BCUT2D eigenvalue weighted by molar-refractivity contribution is 6.08. The van der Waals surface area contributed by atoms with Gasteiger partial charge < -0.3 is 4.74 Å². The predicted molar refractivity (Wildman–Crippen MR) is 153 cm³/mol. The Hall–Kier alpha value is -3.45. The summed E-state index contributed by atoms with van der Waals surface area (Å²) in [6.45, 7) is 5.05. The summed E-state index contributed by atoms with van der Waals surface area (Å²) in [7, 11) is 1.37. The number of methoxy groups -OCH3 is 1. The average molecular weight is 566 g/mol. The number of hydrogen-bond acceptors (Lipinski definition) is 4. The smallest absolute Gasteiger partial charge is 0.416 e. The molecule has 41 heavy (non-hydrogen) atoms. The average Bonchev–Trinajstić information content (AvgIpc) is 2.97. The summed E-state index contributed by atoms with van der Waals surface area (Å²) in [5.41, 5.74) is 2.44. The minimum Gasteiger partial charge on any atom is -0.469 e. The molecule has 0 saturated carbocycles. The topological polar surface area (TPSA) is 46.6 Å². The molecule has 4 rings (SSSR count). The number of rotatable bonds is 10. The summed E-state index contributed by atoms with van der Waals surface area (Å²) in [5.74, 6) is 0.229. The first-order valence-corrected chi connectivity index (χ1v) is 14.3. The molecule has 3 aromatic rings. The molecule has 0 N–H and O–H groups in total. The number of esters is 1. The zero-order chi connectivity index (χ0) is 29.6. The van der Waals surface area contributed by atoms with Crippen LogP contribution in [0.1, 0.15) is 90.6 Å². The molecule has 0 radical (unpaired) electrons. The van der Waals surface area contributed by atoms with E-state index in [1.54, 1.807) is 24.3 Å². The number of likely N-dealkylation sites (tertiary alicyclic amines) is 1. The van der Waals surface area contributed by atoms with Crippen LogP contribution in [0.25, 0.3) is 0 Å². The Bertz CT molecular complexity index is 1290. The van der Waals surface area contributed by atoms with E-state index in [2.05, 4.69) is 18.7 Å². The Kier molecular flexibility index (Phi) is 10.0. The van der Waals surface area contributed by atoms with Crippen molar-refractivity contribution in [1.82, 2.24) is 4.90 Å². The van der Waals surface area contributed by atoms with E-state index < -0.39 is 11.7 Å². The SMILES string of the molecule is COC(=O)C[C@@H]1CCN([C@H](CCC(C)C)c2ccc(C(=O)c3ccccc3)cc2)[C@H](c2ccc(C(F)(F)F)cc2)C1. The maximum atomic E-state index is 13.3. The number of hydrogen-bond donors (Lipinski definition) is 0. The van der Waals surface area contributed by atoms with Crippen molar-refractivity contribution < 1.29 is 27.5 Å². The Labute approximate surface area is 240 Å². The van der Waals surface area contributed by atoms with Gasteiger partial charge >= 0.3 is 12.1 Å². The van der Waals surface area contributed by atoms with Gasteiger partial charge in [0.1, 0.15) is 0 Å². The quantitative estimate of drug-likeness (QED) is 0.183. The molecule has 0 spiro atoms. The van der Waals surface area contributed by atoms with Gasteiger partial charge in [0.15, 0.2) is 5.78 Å². The fourth-order valence-electron chi connectivity index (χ4n) is 5.78. The second kappa shape index (κ2) is 13.5. The lowest BCUT2D eigenvalue weighted by molar-refractivity contribution is -0.142. The third-order valence-corrected chi connectivity index (χ3v) is 8.07. The van der Waals surface area contributed by atoms with Crippen molar-refractivity contribution in [2.75, 3.05) is 13.7 Å². The highest BCUT2D eigenvalue weighted by Gasteiger charge is 2.36. The zero-order valence-corrected chi connectivity index (χ0v) is 23.9. The monoisotopic (exact) mass is 565 g/mol. The van der Waals surface area contributed by atoms with E-state index in [1.807, 2.05) is 42.5 Å². The van der Waals surface area contributed by atoms with Gasteiger partial charge in [-0.25, -0.2) is 0 Å². The summed E-state index contributed by atoms with van der Waals surface area (Å²) in [4.78, 5) is 27.5. The Morgan fingerprint density at radius 1 is 0.902 bits per heavy atom. The van der Waals surface area contributed by atoms with Crippen molar-refractivity contribution in [3.63, 3.8) is 0 Å². The maximum Gasteiger partial charge on any atom is 0.416 e. The van der Waals surface area contributed by atoms with Crippen LogP contribution in [0, 0.1) is 11.8 Å². The molecule has 3 atom stereocenters. The Morgan fingerprint density at radius 2 is 1.54 bits per heavy atom. The van der Waals surface area contributed by atoms with Crippen molar-refractivity contribution in [3.8, 4) is 0 Å². The molecule has 0 unspecified atom stereocenters. The molecule has 1 fully saturated rings. The van der Waals surface area contributed by atoms with Gasteiger partial charge in [-0.05, 0) is 67.3 Å². The van der Waals surface area contributed by atoms with E-state index >= 15 is 0 Å². The molecule has 0 bridgehead atoms. The fraction of sp³-hybridized carbons (Fsp3) is 0.412. The summed E-state index contributed by atoms with van der Waals surface area (Å²) >= 11 is 0. The minimum absolute atomic E-state index is 0.00430. The summed E-state index contributed by atoms with van der Waals surface area (Å²) in [6.07, 6.45) is -0.858. The largest absolute Gasteiger partial charge is 0.469 e. The predicted octanol–water partition coefficient (Wildman–Crippen LogP) is 8.43. The second-order valence-corrected chi connectivity index (χ2v) is 11.3. The van der Waals surface area contributed by atoms with Crippen LogP contribution < -0.4 is 0 Å². The lowest BCUT2D eigenvalue weighted by atomic mass is 9.82. The number of carbonyl (C=O) groups excluding carboxylic acids is 2. The molecule has 1 aliphatic rings. The van der Waals surface area contributed by atoms with Gasteiger partial charge in [-0.2, -0.15) is 13.2 Å². The van der Waals surface area contributed by atoms with Crippen LogP contribution >= 0.6 is 0 Å². The molecule has 1 aliphatic heterocycles. The highest BCUT2D eigenvalue weighted by Crippen LogP contribution is 2.43. The van der Waals surface area contributed by atoms with Crippen LogP contribution in [-0.2, 0) is 15.7 Å². The lowest BCUT2D eigenvalue weighted by Crippen LogP contribution is -2.40. The number of ether oxygens (including phenoxy) is 1. The first kappa shape index (κ1) is 30.5. The van der Waals surface area contributed by atoms with Crippen LogP contribution in [-0.4, -0.2) is 30.3 Å². The highest BCUT2D eigenvalue weighted by atomic mass is 19.4. The summed E-state index contributed by atoms with van der Waals surface area (Å²) in [6, 6.07) is 22.2. The van der Waals surface area contributed by atoms with Crippen LogP contribution in [0.3, 0.4) is 0 Å². The first-order chi connectivity index (χ1) is 19.6. The maximum absolute atomic E-state index is 13.3. The van der Waals surface area contributed by atoms with Gasteiger partial charge in [-0.3, -0.25) is 14.5 Å². The van der Waals surface area contributed by atoms with E-state index in [-0.39, 0.29) is 36.2 Å². The molecule has 0 aromatic heterocycles. The van der Waals surface area contributed by atoms with Crippen molar-refractivity contribution in [2.24, 2.45) is 11.8 Å². The van der Waals surface area contributed by atoms with Crippen LogP contribution in [0.5, 0.6) is 0 Å². The normalized spacial score (nSPS) is 18.7. The van der Waals surface area contributed by atoms with Gasteiger partial charge in [-0.15, -0.1) is 0 Å². The van der Waals surface area contributed by atoms with Crippen molar-refractivity contribution in [3.05, 3.63) is 107 Å². The van der Waals surface area contributed by atoms with Gasteiger partial charge in [-0.1, -0.05) is 80.6 Å². The van der Waals surface area contributed by atoms with Crippen molar-refractivity contribution in [2.45, 2.75) is 64.2 Å².